The van der Waals surface area contributed by atoms with E-state index in [4.69, 9.17) is 0 Å². The first-order valence-corrected chi connectivity index (χ1v) is 10.0. The molecule has 3 rings (SSSR count). The molecule has 3 aromatic rings. The van der Waals surface area contributed by atoms with Gasteiger partial charge in [-0.05, 0) is 35.7 Å². The van der Waals surface area contributed by atoms with Crippen LogP contribution in [0, 0.1) is 0 Å². The molecule has 1 heterocycles. The number of likely N-dealkylation sites (N-methyl/N-ethyl adjacent to an activating group) is 1. The summed E-state index contributed by atoms with van der Waals surface area (Å²) in [7, 11) is 4.16. The van der Waals surface area contributed by atoms with Crippen LogP contribution in [0.1, 0.15) is 31.6 Å². The number of carbonyl (C=O) groups is 2. The standard InChI is InChI=1S/C22H23N3O2S/c1-25(2)19(16-7-4-3-5-8-16)15-23-21(26)17-10-12-18(13-11-17)24-22(27)20-9-6-14-28-20/h3-14,19H,15H2,1-2H3,(H,23,26)(H,24,27)/p+1/t19-/m1/s1. The number of rotatable bonds is 7. The van der Waals surface area contributed by atoms with Crippen molar-refractivity contribution in [2.45, 2.75) is 6.04 Å². The van der Waals surface area contributed by atoms with Gasteiger partial charge in [0, 0.05) is 16.8 Å². The summed E-state index contributed by atoms with van der Waals surface area (Å²) in [6.07, 6.45) is 0. The Kier molecular flexibility index (Phi) is 6.57. The van der Waals surface area contributed by atoms with E-state index >= 15 is 0 Å². The van der Waals surface area contributed by atoms with E-state index in [1.807, 2.05) is 29.6 Å². The summed E-state index contributed by atoms with van der Waals surface area (Å²) in [6.45, 7) is 0.544. The van der Waals surface area contributed by atoms with Gasteiger partial charge in [0.15, 0.2) is 0 Å². The summed E-state index contributed by atoms with van der Waals surface area (Å²) in [5, 5.41) is 7.71. The number of carbonyl (C=O) groups excluding carboxylic acids is 2. The predicted molar refractivity (Wildman–Crippen MR) is 113 cm³/mol. The van der Waals surface area contributed by atoms with E-state index in [1.54, 1.807) is 30.3 Å². The maximum absolute atomic E-state index is 12.5. The molecule has 0 aliphatic rings. The quantitative estimate of drug-likeness (QED) is 0.577. The van der Waals surface area contributed by atoms with E-state index in [-0.39, 0.29) is 17.9 Å². The van der Waals surface area contributed by atoms with Gasteiger partial charge < -0.3 is 15.5 Å². The average molecular weight is 395 g/mol. The molecule has 2 amide bonds. The number of nitrogens with one attached hydrogen (secondary N) is 3. The van der Waals surface area contributed by atoms with Crippen molar-refractivity contribution in [2.75, 3.05) is 26.0 Å². The molecule has 0 bridgehead atoms. The molecule has 0 saturated carbocycles. The SMILES string of the molecule is C[NH+](C)[C@H](CNC(=O)c1ccc(NC(=O)c2cccs2)cc1)c1ccccc1. The molecule has 3 N–H and O–H groups in total. The maximum atomic E-state index is 12.5. The highest BCUT2D eigenvalue weighted by molar-refractivity contribution is 7.12. The molecule has 28 heavy (non-hydrogen) atoms. The van der Waals surface area contributed by atoms with Gasteiger partial charge in [0.2, 0.25) is 0 Å². The molecule has 5 nitrogen and oxygen atoms in total. The van der Waals surface area contributed by atoms with Crippen LogP contribution >= 0.6 is 11.3 Å². The Hall–Kier alpha value is -2.96. The molecule has 1 atom stereocenters. The maximum Gasteiger partial charge on any atom is 0.265 e. The van der Waals surface area contributed by atoms with Gasteiger partial charge in [0.05, 0.1) is 25.5 Å². The number of benzene rings is 2. The monoisotopic (exact) mass is 394 g/mol. The van der Waals surface area contributed by atoms with Gasteiger partial charge in [0.25, 0.3) is 11.8 Å². The van der Waals surface area contributed by atoms with Gasteiger partial charge in [-0.3, -0.25) is 9.59 Å². The predicted octanol–water partition coefficient (Wildman–Crippen LogP) is 2.62. The van der Waals surface area contributed by atoms with Gasteiger partial charge in [-0.15, -0.1) is 11.3 Å². The van der Waals surface area contributed by atoms with Crippen LogP contribution in [0.3, 0.4) is 0 Å². The smallest absolute Gasteiger partial charge is 0.265 e. The van der Waals surface area contributed by atoms with Gasteiger partial charge in [-0.1, -0.05) is 36.4 Å². The van der Waals surface area contributed by atoms with Gasteiger partial charge in [0.1, 0.15) is 6.04 Å². The zero-order valence-electron chi connectivity index (χ0n) is 15.9. The van der Waals surface area contributed by atoms with Crippen molar-refractivity contribution in [3.05, 3.63) is 88.1 Å². The molecule has 0 unspecified atom stereocenters. The Bertz CT molecular complexity index is 907. The van der Waals surface area contributed by atoms with Crippen LogP contribution in [0.4, 0.5) is 5.69 Å². The Balaban J connectivity index is 1.59. The average Bonchev–Trinajstić information content (AvgIpc) is 3.24. The number of thiophene rings is 1. The fourth-order valence-electron chi connectivity index (χ4n) is 2.94. The van der Waals surface area contributed by atoms with E-state index in [0.29, 0.717) is 22.7 Å². The Labute approximate surface area is 169 Å². The second kappa shape index (κ2) is 9.30. The van der Waals surface area contributed by atoms with E-state index in [1.165, 1.54) is 21.8 Å². The third-order valence-electron chi connectivity index (χ3n) is 4.52. The number of amides is 2. The highest BCUT2D eigenvalue weighted by atomic mass is 32.1. The van der Waals surface area contributed by atoms with Crippen LogP contribution in [0.2, 0.25) is 0 Å². The number of quaternary nitrogens is 1. The Morgan fingerprint density at radius 2 is 1.64 bits per heavy atom. The molecular weight excluding hydrogens is 370 g/mol. The molecule has 144 valence electrons. The fourth-order valence-corrected chi connectivity index (χ4v) is 3.56. The first-order valence-electron chi connectivity index (χ1n) is 9.12. The van der Waals surface area contributed by atoms with Crippen LogP contribution in [0.15, 0.2) is 72.1 Å². The van der Waals surface area contributed by atoms with Gasteiger partial charge in [-0.2, -0.15) is 0 Å². The summed E-state index contributed by atoms with van der Waals surface area (Å²) < 4.78 is 0. The number of hydrogen-bond donors (Lipinski definition) is 3. The molecule has 1 aromatic heterocycles. The third kappa shape index (κ3) is 5.06. The van der Waals surface area contributed by atoms with E-state index < -0.39 is 0 Å². The normalized spacial score (nSPS) is 11.8. The zero-order chi connectivity index (χ0) is 19.9. The Morgan fingerprint density at radius 1 is 0.929 bits per heavy atom. The second-order valence-corrected chi connectivity index (χ2v) is 7.71. The first kappa shape index (κ1) is 19.8. The highest BCUT2D eigenvalue weighted by Gasteiger charge is 2.19. The molecule has 0 aliphatic carbocycles. The van der Waals surface area contributed by atoms with Crippen molar-refractivity contribution < 1.29 is 14.5 Å². The minimum Gasteiger partial charge on any atom is -0.346 e. The fraction of sp³-hybridized carbons (Fsp3) is 0.182. The van der Waals surface area contributed by atoms with Crippen LogP contribution < -0.4 is 15.5 Å². The van der Waals surface area contributed by atoms with E-state index in [0.717, 1.165) is 0 Å². The molecule has 0 spiro atoms. The van der Waals surface area contributed by atoms with Crippen molar-refractivity contribution in [1.29, 1.82) is 0 Å². The molecule has 0 aliphatic heterocycles. The van der Waals surface area contributed by atoms with Crippen molar-refractivity contribution in [3.8, 4) is 0 Å². The van der Waals surface area contributed by atoms with E-state index in [2.05, 4.69) is 36.9 Å². The largest absolute Gasteiger partial charge is 0.346 e. The summed E-state index contributed by atoms with van der Waals surface area (Å²) in [5.41, 5.74) is 2.42. The number of hydrogen-bond acceptors (Lipinski definition) is 3. The lowest BCUT2D eigenvalue weighted by atomic mass is 10.1. The minimum atomic E-state index is -0.146. The summed E-state index contributed by atoms with van der Waals surface area (Å²) in [5.74, 6) is -0.273. The lowest BCUT2D eigenvalue weighted by Crippen LogP contribution is -3.07. The second-order valence-electron chi connectivity index (χ2n) is 6.76. The van der Waals surface area contributed by atoms with Crippen LogP contribution in [-0.4, -0.2) is 32.5 Å². The topological polar surface area (TPSA) is 62.6 Å². The lowest BCUT2D eigenvalue weighted by molar-refractivity contribution is -0.890. The third-order valence-corrected chi connectivity index (χ3v) is 5.38. The molecule has 6 heteroatoms. The molecule has 0 radical (unpaired) electrons. The van der Waals surface area contributed by atoms with E-state index in [9.17, 15) is 9.59 Å². The summed E-state index contributed by atoms with van der Waals surface area (Å²) in [6, 6.07) is 20.9. The number of anilines is 1. The van der Waals surface area contributed by atoms with Crippen LogP contribution in [0.5, 0.6) is 0 Å². The highest BCUT2D eigenvalue weighted by Crippen LogP contribution is 2.14. The Morgan fingerprint density at radius 3 is 2.25 bits per heavy atom. The summed E-state index contributed by atoms with van der Waals surface area (Å²) >= 11 is 1.39. The molecule has 0 fully saturated rings. The van der Waals surface area contributed by atoms with Crippen molar-refractivity contribution in [3.63, 3.8) is 0 Å². The minimum absolute atomic E-state index is 0.127. The van der Waals surface area contributed by atoms with Gasteiger partial charge in [-0.25, -0.2) is 0 Å². The zero-order valence-corrected chi connectivity index (χ0v) is 16.8. The summed E-state index contributed by atoms with van der Waals surface area (Å²) in [4.78, 5) is 26.5. The van der Waals surface area contributed by atoms with Crippen molar-refractivity contribution in [1.82, 2.24) is 5.32 Å². The van der Waals surface area contributed by atoms with Crippen LogP contribution in [-0.2, 0) is 0 Å². The lowest BCUT2D eigenvalue weighted by Gasteiger charge is -2.22. The van der Waals surface area contributed by atoms with Crippen molar-refractivity contribution in [2.24, 2.45) is 0 Å². The molecule has 2 aromatic carbocycles. The van der Waals surface area contributed by atoms with Gasteiger partial charge >= 0.3 is 0 Å². The van der Waals surface area contributed by atoms with Crippen LogP contribution in [0.25, 0.3) is 0 Å². The molecular formula is C22H24N3O2S+. The van der Waals surface area contributed by atoms with Crippen molar-refractivity contribution >= 4 is 28.8 Å². The molecule has 0 saturated heterocycles. The first-order chi connectivity index (χ1) is 13.5.